The second-order valence-electron chi connectivity index (χ2n) is 7.75. The van der Waals surface area contributed by atoms with Crippen molar-refractivity contribution in [2.24, 2.45) is 4.99 Å². The van der Waals surface area contributed by atoms with E-state index in [-0.39, 0.29) is 11.9 Å². The van der Waals surface area contributed by atoms with E-state index in [1.54, 1.807) is 0 Å². The first-order chi connectivity index (χ1) is 13.6. The summed E-state index contributed by atoms with van der Waals surface area (Å²) in [5.41, 5.74) is 5.00. The van der Waals surface area contributed by atoms with Crippen LogP contribution in [0.15, 0.2) is 47.6 Å². The molecule has 0 aliphatic carbocycles. The Labute approximate surface area is 165 Å². The fourth-order valence-electron chi connectivity index (χ4n) is 4.02. The van der Waals surface area contributed by atoms with Crippen LogP contribution in [0, 0.1) is 0 Å². The molecule has 4 rings (SSSR count). The van der Waals surface area contributed by atoms with Gasteiger partial charge in [0.1, 0.15) is 0 Å². The van der Waals surface area contributed by atoms with Gasteiger partial charge in [-0.15, -0.1) is 0 Å². The first-order valence-electron chi connectivity index (χ1n) is 9.94. The van der Waals surface area contributed by atoms with Gasteiger partial charge in [-0.1, -0.05) is 19.1 Å². The predicted octanol–water partition coefficient (Wildman–Crippen LogP) is 4.49. The van der Waals surface area contributed by atoms with Gasteiger partial charge in [0.25, 0.3) is 0 Å². The summed E-state index contributed by atoms with van der Waals surface area (Å²) in [6.07, 6.45) is 2.73. The molecule has 0 radical (unpaired) electrons. The highest BCUT2D eigenvalue weighted by atomic mass is 16.5. The molecule has 1 N–H and O–H groups in total. The van der Waals surface area contributed by atoms with Crippen LogP contribution < -0.4 is 0 Å². The Morgan fingerprint density at radius 1 is 1.18 bits per heavy atom. The highest BCUT2D eigenvalue weighted by Crippen LogP contribution is 2.36. The molecule has 3 heterocycles. The van der Waals surface area contributed by atoms with Crippen molar-refractivity contribution in [3.8, 4) is 5.88 Å². The third kappa shape index (κ3) is 3.42. The number of fused-ring (bicyclic) bond motifs is 1. The monoisotopic (exact) mass is 377 g/mol. The average Bonchev–Trinajstić information content (AvgIpc) is 3.00. The van der Waals surface area contributed by atoms with E-state index in [0.717, 1.165) is 34.3 Å². The van der Waals surface area contributed by atoms with Crippen LogP contribution in [0.1, 0.15) is 49.6 Å². The quantitative estimate of drug-likeness (QED) is 0.713. The summed E-state index contributed by atoms with van der Waals surface area (Å²) < 4.78 is 7.58. The van der Waals surface area contributed by atoms with Gasteiger partial charge in [-0.05, 0) is 50.1 Å². The van der Waals surface area contributed by atoms with E-state index in [4.69, 9.17) is 4.74 Å². The number of benzene rings is 1. The molecule has 0 fully saturated rings. The highest BCUT2D eigenvalue weighted by molar-refractivity contribution is 6.14. The van der Waals surface area contributed by atoms with Gasteiger partial charge in [-0.2, -0.15) is 0 Å². The number of nitrogens with zero attached hydrogens (tertiary/aromatic N) is 3. The Balaban J connectivity index is 1.78. The standard InChI is InChI=1S/C23H27N3O2/c1-15(2)26-21-8-7-17(12-16(3)19-6-4-5-9-24-19)13-18(21)22(23(26)27)20-14-28-11-10-25-20/h4-9,13,15-16,27H,10-12,14H2,1-3H3. The lowest BCUT2D eigenvalue weighted by atomic mass is 9.96. The van der Waals surface area contributed by atoms with Gasteiger partial charge in [0.05, 0.1) is 36.6 Å². The fraction of sp³-hybridized carbons (Fsp3) is 0.391. The maximum Gasteiger partial charge on any atom is 0.201 e. The van der Waals surface area contributed by atoms with Crippen LogP contribution in [-0.2, 0) is 11.2 Å². The minimum absolute atomic E-state index is 0.152. The van der Waals surface area contributed by atoms with Crippen LogP contribution >= 0.6 is 0 Å². The molecule has 1 unspecified atom stereocenters. The Bertz CT molecular complexity index is 1010. The predicted molar refractivity (Wildman–Crippen MR) is 113 cm³/mol. The number of hydrogen-bond donors (Lipinski definition) is 1. The third-order valence-corrected chi connectivity index (χ3v) is 5.36. The van der Waals surface area contributed by atoms with Crippen molar-refractivity contribution in [3.63, 3.8) is 0 Å². The van der Waals surface area contributed by atoms with Gasteiger partial charge in [-0.3, -0.25) is 9.98 Å². The van der Waals surface area contributed by atoms with Gasteiger partial charge >= 0.3 is 0 Å². The number of hydrogen-bond acceptors (Lipinski definition) is 4. The van der Waals surface area contributed by atoms with Crippen LogP contribution in [0.2, 0.25) is 0 Å². The molecule has 5 nitrogen and oxygen atoms in total. The molecule has 146 valence electrons. The molecule has 0 spiro atoms. The summed E-state index contributed by atoms with van der Waals surface area (Å²) in [6.45, 7) is 8.08. The Kier molecular flexibility index (Phi) is 5.18. The van der Waals surface area contributed by atoms with Gasteiger partial charge in [-0.25, -0.2) is 0 Å². The van der Waals surface area contributed by atoms with Crippen molar-refractivity contribution in [3.05, 3.63) is 59.4 Å². The molecule has 0 bridgehead atoms. The third-order valence-electron chi connectivity index (χ3n) is 5.36. The van der Waals surface area contributed by atoms with Gasteiger partial charge in [0.15, 0.2) is 0 Å². The van der Waals surface area contributed by atoms with E-state index < -0.39 is 0 Å². The smallest absolute Gasteiger partial charge is 0.201 e. The van der Waals surface area contributed by atoms with E-state index in [0.29, 0.717) is 25.7 Å². The molecule has 28 heavy (non-hydrogen) atoms. The zero-order valence-electron chi connectivity index (χ0n) is 16.7. The number of ether oxygens (including phenoxy) is 1. The molecule has 5 heteroatoms. The lowest BCUT2D eigenvalue weighted by molar-refractivity contribution is 0.171. The highest BCUT2D eigenvalue weighted by Gasteiger charge is 2.24. The van der Waals surface area contributed by atoms with Crippen LogP contribution in [0.5, 0.6) is 5.88 Å². The number of aromatic hydroxyl groups is 1. The maximum atomic E-state index is 11.0. The first kappa shape index (κ1) is 18.7. The summed E-state index contributed by atoms with van der Waals surface area (Å²) in [5.74, 6) is 0.599. The van der Waals surface area contributed by atoms with Crippen molar-refractivity contribution in [2.75, 3.05) is 19.8 Å². The minimum Gasteiger partial charge on any atom is -0.494 e. The van der Waals surface area contributed by atoms with Crippen molar-refractivity contribution < 1.29 is 9.84 Å². The van der Waals surface area contributed by atoms with Crippen LogP contribution in [0.3, 0.4) is 0 Å². The van der Waals surface area contributed by atoms with Crippen LogP contribution in [-0.4, -0.2) is 40.1 Å². The summed E-state index contributed by atoms with van der Waals surface area (Å²) in [7, 11) is 0. The molecule has 0 saturated heterocycles. The SMILES string of the molecule is CC(Cc1ccc2c(c1)c(C1=NCCOC1)c(O)n2C(C)C)c1ccccn1. The topological polar surface area (TPSA) is 59.6 Å². The Morgan fingerprint density at radius 2 is 2.04 bits per heavy atom. The van der Waals surface area contributed by atoms with E-state index in [2.05, 4.69) is 55.0 Å². The maximum absolute atomic E-state index is 11.0. The zero-order valence-corrected chi connectivity index (χ0v) is 16.7. The molecule has 1 aliphatic heterocycles. The Morgan fingerprint density at radius 3 is 2.71 bits per heavy atom. The minimum atomic E-state index is 0.152. The van der Waals surface area contributed by atoms with Gasteiger partial charge < -0.3 is 14.4 Å². The van der Waals surface area contributed by atoms with Gasteiger partial charge in [0, 0.05) is 29.2 Å². The largest absolute Gasteiger partial charge is 0.494 e. The van der Waals surface area contributed by atoms with E-state index >= 15 is 0 Å². The number of aliphatic imine (C=N–C) groups is 1. The first-order valence-corrected chi connectivity index (χ1v) is 9.94. The average molecular weight is 377 g/mol. The molecular weight excluding hydrogens is 350 g/mol. The van der Waals surface area contributed by atoms with E-state index in [1.165, 1.54) is 5.56 Å². The van der Waals surface area contributed by atoms with Crippen molar-refractivity contribution >= 4 is 16.6 Å². The fourth-order valence-corrected chi connectivity index (χ4v) is 4.02. The number of aromatic nitrogens is 2. The lowest BCUT2D eigenvalue weighted by Crippen LogP contribution is -2.18. The zero-order chi connectivity index (χ0) is 19.7. The second kappa shape index (κ2) is 7.76. The normalized spacial score (nSPS) is 15.8. The van der Waals surface area contributed by atoms with Crippen LogP contribution in [0.25, 0.3) is 10.9 Å². The summed E-state index contributed by atoms with van der Waals surface area (Å²) in [5, 5.41) is 12.0. The Hall–Kier alpha value is -2.66. The van der Waals surface area contributed by atoms with E-state index in [1.807, 2.05) is 22.9 Å². The van der Waals surface area contributed by atoms with E-state index in [9.17, 15) is 5.11 Å². The van der Waals surface area contributed by atoms with Crippen molar-refractivity contribution in [1.29, 1.82) is 0 Å². The molecular formula is C23H27N3O2. The van der Waals surface area contributed by atoms with Crippen LogP contribution in [0.4, 0.5) is 0 Å². The number of rotatable bonds is 5. The van der Waals surface area contributed by atoms with Gasteiger partial charge in [0.2, 0.25) is 5.88 Å². The lowest BCUT2D eigenvalue weighted by Gasteiger charge is -2.14. The van der Waals surface area contributed by atoms with Crippen molar-refractivity contribution in [2.45, 2.75) is 39.2 Å². The summed E-state index contributed by atoms with van der Waals surface area (Å²) >= 11 is 0. The molecule has 3 aromatic rings. The molecule has 1 aliphatic rings. The molecule has 0 amide bonds. The van der Waals surface area contributed by atoms with Crippen molar-refractivity contribution in [1.82, 2.24) is 9.55 Å². The molecule has 2 aromatic heterocycles. The molecule has 0 saturated carbocycles. The number of pyridine rings is 1. The summed E-state index contributed by atoms with van der Waals surface area (Å²) in [4.78, 5) is 9.12. The molecule has 1 atom stereocenters. The second-order valence-corrected chi connectivity index (χ2v) is 7.75. The molecule has 1 aromatic carbocycles. The summed E-state index contributed by atoms with van der Waals surface area (Å²) in [6, 6.07) is 12.7.